The summed E-state index contributed by atoms with van der Waals surface area (Å²) in [5, 5.41) is 0. The number of aromatic nitrogens is 1. The second-order valence-corrected chi connectivity index (χ2v) is 6.24. The molecule has 0 fully saturated rings. The summed E-state index contributed by atoms with van der Waals surface area (Å²) in [6.07, 6.45) is -0.883. The zero-order chi connectivity index (χ0) is 17.0. The molecule has 0 N–H and O–H groups in total. The van der Waals surface area contributed by atoms with Crippen molar-refractivity contribution in [1.82, 2.24) is 4.57 Å². The third-order valence-corrected chi connectivity index (χ3v) is 3.83. The van der Waals surface area contributed by atoms with Crippen molar-refractivity contribution in [3.63, 3.8) is 0 Å². The van der Waals surface area contributed by atoms with Gasteiger partial charge in [0.15, 0.2) is 0 Å². The number of hydrogen-bond donors (Lipinski definition) is 0. The van der Waals surface area contributed by atoms with Gasteiger partial charge in [-0.3, -0.25) is 0 Å². The van der Waals surface area contributed by atoms with Crippen LogP contribution in [0.1, 0.15) is 31.3 Å². The number of esters is 1. The van der Waals surface area contributed by atoms with Crippen molar-refractivity contribution in [3.05, 3.63) is 45.7 Å². The summed E-state index contributed by atoms with van der Waals surface area (Å²) >= 11 is 2.10. The van der Waals surface area contributed by atoms with E-state index in [-0.39, 0.29) is 18.4 Å². The van der Waals surface area contributed by atoms with E-state index in [2.05, 4.69) is 22.6 Å². The number of benzene rings is 1. The molecule has 0 spiro atoms. The molecule has 6 heteroatoms. The Labute approximate surface area is 148 Å². The first-order valence-electron chi connectivity index (χ1n) is 7.30. The molecule has 0 radical (unpaired) electrons. The second kappa shape index (κ2) is 7.63. The number of nitrogens with zero attached hydrogens (tertiary/aromatic N) is 1. The lowest BCUT2D eigenvalue weighted by atomic mass is 10.1. The summed E-state index contributed by atoms with van der Waals surface area (Å²) in [5.74, 6) is -0.548. The topological polar surface area (TPSA) is 57.5 Å². The SMILES string of the molecule is CCOC(=O)c1cc(I)c(-c2ccccc2)n1C(=O)OC(C)C. The Hall–Kier alpha value is -1.83. The summed E-state index contributed by atoms with van der Waals surface area (Å²) in [4.78, 5) is 24.7. The Morgan fingerprint density at radius 3 is 2.43 bits per heavy atom. The maximum atomic E-state index is 12.5. The molecule has 1 aromatic carbocycles. The quantitative estimate of drug-likeness (QED) is 0.539. The van der Waals surface area contributed by atoms with E-state index in [4.69, 9.17) is 9.47 Å². The maximum Gasteiger partial charge on any atom is 0.419 e. The molecule has 122 valence electrons. The van der Waals surface area contributed by atoms with Gasteiger partial charge in [-0.25, -0.2) is 14.2 Å². The minimum atomic E-state index is -0.593. The van der Waals surface area contributed by atoms with E-state index in [1.165, 1.54) is 4.57 Å². The van der Waals surface area contributed by atoms with Crippen LogP contribution in [-0.4, -0.2) is 29.3 Å². The van der Waals surface area contributed by atoms with Crippen molar-refractivity contribution in [1.29, 1.82) is 0 Å². The molecule has 0 aliphatic rings. The highest BCUT2D eigenvalue weighted by Gasteiger charge is 2.26. The van der Waals surface area contributed by atoms with E-state index in [9.17, 15) is 9.59 Å². The number of carbonyl (C=O) groups excluding carboxylic acids is 2. The molecule has 0 saturated carbocycles. The Morgan fingerprint density at radius 1 is 1.22 bits per heavy atom. The second-order valence-electron chi connectivity index (χ2n) is 5.08. The summed E-state index contributed by atoms with van der Waals surface area (Å²) < 4.78 is 12.4. The van der Waals surface area contributed by atoms with Gasteiger partial charge in [-0.15, -0.1) is 0 Å². The molecule has 1 aromatic heterocycles. The lowest BCUT2D eigenvalue weighted by Crippen LogP contribution is -2.23. The van der Waals surface area contributed by atoms with E-state index in [1.54, 1.807) is 26.8 Å². The molecule has 23 heavy (non-hydrogen) atoms. The predicted octanol–water partition coefficient (Wildman–Crippen LogP) is 4.33. The van der Waals surface area contributed by atoms with Crippen molar-refractivity contribution in [2.45, 2.75) is 26.9 Å². The third kappa shape index (κ3) is 3.93. The third-order valence-electron chi connectivity index (χ3n) is 3.01. The van der Waals surface area contributed by atoms with E-state index >= 15 is 0 Å². The lowest BCUT2D eigenvalue weighted by Gasteiger charge is -2.14. The van der Waals surface area contributed by atoms with Gasteiger partial charge in [0.25, 0.3) is 0 Å². The average molecular weight is 427 g/mol. The molecule has 0 amide bonds. The molecule has 0 unspecified atom stereocenters. The van der Waals surface area contributed by atoms with Crippen LogP contribution < -0.4 is 0 Å². The normalized spacial score (nSPS) is 10.7. The molecule has 0 aliphatic carbocycles. The first-order chi connectivity index (χ1) is 11.0. The number of ether oxygens (including phenoxy) is 2. The van der Waals surface area contributed by atoms with Crippen molar-refractivity contribution in [2.24, 2.45) is 0 Å². The molecule has 2 rings (SSSR count). The molecule has 2 aromatic rings. The van der Waals surface area contributed by atoms with Crippen LogP contribution in [-0.2, 0) is 9.47 Å². The van der Waals surface area contributed by atoms with Crippen molar-refractivity contribution in [2.75, 3.05) is 6.61 Å². The summed E-state index contributed by atoms with van der Waals surface area (Å²) in [6.45, 7) is 5.48. The maximum absolute atomic E-state index is 12.5. The van der Waals surface area contributed by atoms with Gasteiger partial charge >= 0.3 is 12.1 Å². The van der Waals surface area contributed by atoms with Crippen LogP contribution in [0.4, 0.5) is 4.79 Å². The first-order valence-corrected chi connectivity index (χ1v) is 8.38. The van der Waals surface area contributed by atoms with Crippen LogP contribution in [0, 0.1) is 3.57 Å². The number of hydrogen-bond acceptors (Lipinski definition) is 4. The van der Waals surface area contributed by atoms with Gasteiger partial charge < -0.3 is 9.47 Å². The van der Waals surface area contributed by atoms with Crippen LogP contribution in [0.3, 0.4) is 0 Å². The number of halogens is 1. The van der Waals surface area contributed by atoms with Gasteiger partial charge in [-0.05, 0) is 55.0 Å². The highest BCUT2D eigenvalue weighted by molar-refractivity contribution is 14.1. The molecule has 0 aliphatic heterocycles. The monoisotopic (exact) mass is 427 g/mol. The fraction of sp³-hybridized carbons (Fsp3) is 0.294. The van der Waals surface area contributed by atoms with Gasteiger partial charge in [0.05, 0.1) is 18.4 Å². The summed E-state index contributed by atoms with van der Waals surface area (Å²) in [7, 11) is 0. The zero-order valence-electron chi connectivity index (χ0n) is 13.2. The Bertz CT molecular complexity index is 707. The Morgan fingerprint density at radius 2 is 1.87 bits per heavy atom. The van der Waals surface area contributed by atoms with Crippen LogP contribution in [0.25, 0.3) is 11.3 Å². The van der Waals surface area contributed by atoms with Crippen molar-refractivity contribution in [3.8, 4) is 11.3 Å². The van der Waals surface area contributed by atoms with Gasteiger partial charge in [0.2, 0.25) is 0 Å². The highest BCUT2D eigenvalue weighted by atomic mass is 127. The molecular weight excluding hydrogens is 409 g/mol. The molecule has 1 heterocycles. The Balaban J connectivity index is 2.61. The van der Waals surface area contributed by atoms with Gasteiger partial charge in [-0.1, -0.05) is 30.3 Å². The van der Waals surface area contributed by atoms with E-state index in [1.807, 2.05) is 30.3 Å². The molecule has 0 saturated heterocycles. The molecule has 0 atom stereocenters. The van der Waals surface area contributed by atoms with Crippen molar-refractivity contribution < 1.29 is 19.1 Å². The smallest absolute Gasteiger partial charge is 0.419 e. The van der Waals surface area contributed by atoms with Crippen LogP contribution in [0.2, 0.25) is 0 Å². The van der Waals surface area contributed by atoms with Gasteiger partial charge in [0.1, 0.15) is 5.69 Å². The fourth-order valence-electron chi connectivity index (χ4n) is 2.14. The van der Waals surface area contributed by atoms with Crippen molar-refractivity contribution >= 4 is 34.7 Å². The zero-order valence-corrected chi connectivity index (χ0v) is 15.4. The summed E-state index contributed by atoms with van der Waals surface area (Å²) in [5.41, 5.74) is 1.62. The van der Waals surface area contributed by atoms with Gasteiger partial charge in [0, 0.05) is 3.57 Å². The molecule has 0 bridgehead atoms. The predicted molar refractivity (Wildman–Crippen MR) is 95.6 cm³/mol. The van der Waals surface area contributed by atoms with Gasteiger partial charge in [-0.2, -0.15) is 0 Å². The number of rotatable bonds is 4. The van der Waals surface area contributed by atoms with E-state index in [0.717, 1.165) is 9.13 Å². The Kier molecular flexibility index (Phi) is 5.81. The fourth-order valence-corrected chi connectivity index (χ4v) is 2.99. The lowest BCUT2D eigenvalue weighted by molar-refractivity contribution is 0.0508. The minimum Gasteiger partial charge on any atom is -0.461 e. The van der Waals surface area contributed by atoms with E-state index in [0.29, 0.717) is 5.69 Å². The average Bonchev–Trinajstić information content (AvgIpc) is 2.85. The first kappa shape index (κ1) is 17.5. The standard InChI is InChI=1S/C17H18INO4/c1-4-22-16(20)14-10-13(18)15(12-8-6-5-7-9-12)19(14)17(21)23-11(2)3/h5-11H,4H2,1-3H3. The highest BCUT2D eigenvalue weighted by Crippen LogP contribution is 2.29. The van der Waals surface area contributed by atoms with Crippen LogP contribution >= 0.6 is 22.6 Å². The summed E-state index contributed by atoms with van der Waals surface area (Å²) in [6, 6.07) is 11.0. The van der Waals surface area contributed by atoms with E-state index < -0.39 is 12.1 Å². The number of carbonyl (C=O) groups is 2. The minimum absolute atomic E-state index is 0.167. The molecule has 5 nitrogen and oxygen atoms in total. The molecular formula is C17H18INO4. The van der Waals surface area contributed by atoms with Crippen LogP contribution in [0.5, 0.6) is 0 Å². The largest absolute Gasteiger partial charge is 0.461 e. The van der Waals surface area contributed by atoms with Crippen LogP contribution in [0.15, 0.2) is 36.4 Å².